The Morgan fingerprint density at radius 2 is 2.00 bits per heavy atom. The maximum absolute atomic E-state index is 13.5. The third-order valence-electron chi connectivity index (χ3n) is 6.76. The Bertz CT molecular complexity index is 1560. The molecule has 6 rings (SSSR count). The number of nitrogens with zero attached hydrogens (tertiary/aromatic N) is 3. The highest BCUT2D eigenvalue weighted by Gasteiger charge is 2.34. The minimum Gasteiger partial charge on any atom is -0.457 e. The van der Waals surface area contributed by atoms with Crippen molar-refractivity contribution in [3.8, 4) is 11.5 Å². The molecular formula is C28H25N5O3S. The van der Waals surface area contributed by atoms with Gasteiger partial charge in [-0.2, -0.15) is 0 Å². The fourth-order valence-electron chi connectivity index (χ4n) is 5.03. The first-order valence-corrected chi connectivity index (χ1v) is 13.0. The van der Waals surface area contributed by atoms with Crippen LogP contribution in [0, 0.1) is 6.92 Å². The zero-order chi connectivity index (χ0) is 25.5. The first-order chi connectivity index (χ1) is 18.0. The van der Waals surface area contributed by atoms with Crippen LogP contribution in [0.2, 0.25) is 0 Å². The number of nitrogens with one attached hydrogen (secondary N) is 2. The van der Waals surface area contributed by atoms with Gasteiger partial charge in [0, 0.05) is 19.0 Å². The monoisotopic (exact) mass is 511 g/mol. The van der Waals surface area contributed by atoms with E-state index < -0.39 is 0 Å². The molecule has 0 unspecified atom stereocenters. The fourth-order valence-corrected chi connectivity index (χ4v) is 6.05. The van der Waals surface area contributed by atoms with Gasteiger partial charge in [-0.05, 0) is 68.1 Å². The number of hydrogen-bond donors (Lipinski definition) is 2. The second kappa shape index (κ2) is 9.33. The topological polar surface area (TPSA) is 95.9 Å². The van der Waals surface area contributed by atoms with Gasteiger partial charge in [-0.1, -0.05) is 18.2 Å². The van der Waals surface area contributed by atoms with E-state index in [4.69, 9.17) is 4.74 Å². The van der Waals surface area contributed by atoms with Crippen LogP contribution in [-0.2, 0) is 0 Å². The van der Waals surface area contributed by atoms with Gasteiger partial charge in [0.05, 0.1) is 28.5 Å². The first-order valence-electron chi connectivity index (χ1n) is 12.2. The van der Waals surface area contributed by atoms with Crippen LogP contribution in [0.15, 0.2) is 65.8 Å². The molecule has 2 aromatic carbocycles. The average Bonchev–Trinajstić information content (AvgIpc) is 3.50. The number of aryl methyl sites for hydroxylation is 1. The number of aromatic nitrogens is 1. The van der Waals surface area contributed by atoms with Crippen molar-refractivity contribution in [2.45, 2.75) is 32.2 Å². The predicted molar refractivity (Wildman–Crippen MR) is 147 cm³/mol. The second-order valence-corrected chi connectivity index (χ2v) is 10.1. The van der Waals surface area contributed by atoms with E-state index in [1.165, 1.54) is 11.3 Å². The summed E-state index contributed by atoms with van der Waals surface area (Å²) < 4.78 is 5.96. The maximum Gasteiger partial charge on any atom is 0.331 e. The summed E-state index contributed by atoms with van der Waals surface area (Å²) in [6.07, 6.45) is 4.44. The molecule has 0 saturated heterocycles. The summed E-state index contributed by atoms with van der Waals surface area (Å²) in [4.78, 5) is 38.4. The molecule has 3 amide bonds. The van der Waals surface area contributed by atoms with Crippen molar-refractivity contribution in [3.63, 3.8) is 0 Å². The average molecular weight is 512 g/mol. The number of anilines is 3. The van der Waals surface area contributed by atoms with Gasteiger partial charge in [0.25, 0.3) is 5.91 Å². The molecule has 9 heteroatoms. The van der Waals surface area contributed by atoms with Crippen LogP contribution in [0.5, 0.6) is 11.5 Å². The summed E-state index contributed by atoms with van der Waals surface area (Å²) in [6.45, 7) is 1.94. The number of hydrogen-bond acceptors (Lipinski definition) is 6. The highest BCUT2D eigenvalue weighted by atomic mass is 32.1. The van der Waals surface area contributed by atoms with Crippen molar-refractivity contribution in [2.24, 2.45) is 4.99 Å². The molecule has 1 aliphatic carbocycles. The summed E-state index contributed by atoms with van der Waals surface area (Å²) >= 11 is 1.29. The summed E-state index contributed by atoms with van der Waals surface area (Å²) in [5.41, 5.74) is 3.81. The van der Waals surface area contributed by atoms with Gasteiger partial charge < -0.3 is 15.4 Å². The molecule has 37 heavy (non-hydrogen) atoms. The molecule has 4 aromatic rings. The van der Waals surface area contributed by atoms with Gasteiger partial charge in [0.2, 0.25) is 0 Å². The number of aliphatic imine (C=N–C) groups is 1. The molecule has 186 valence electrons. The molecule has 1 saturated carbocycles. The normalized spacial score (nSPS) is 17.8. The van der Waals surface area contributed by atoms with Gasteiger partial charge in [0.15, 0.2) is 0 Å². The van der Waals surface area contributed by atoms with Crippen molar-refractivity contribution >= 4 is 56.3 Å². The number of amides is 3. The van der Waals surface area contributed by atoms with Crippen LogP contribution in [-0.4, -0.2) is 35.7 Å². The van der Waals surface area contributed by atoms with Gasteiger partial charge in [-0.3, -0.25) is 14.7 Å². The smallest absolute Gasteiger partial charge is 0.331 e. The van der Waals surface area contributed by atoms with Gasteiger partial charge in [-0.15, -0.1) is 11.3 Å². The minimum absolute atomic E-state index is 0.0719. The number of urea groups is 1. The van der Waals surface area contributed by atoms with Crippen molar-refractivity contribution in [3.05, 3.63) is 71.2 Å². The fraction of sp³-hybridized carbons (Fsp3) is 0.214. The predicted octanol–water partition coefficient (Wildman–Crippen LogP) is 6.43. The number of ether oxygens (including phenoxy) is 1. The molecule has 2 aromatic heterocycles. The molecule has 0 bridgehead atoms. The van der Waals surface area contributed by atoms with Crippen LogP contribution in [0.25, 0.3) is 10.2 Å². The number of carbonyl (C=O) groups excluding carboxylic acids is 2. The van der Waals surface area contributed by atoms with Crippen molar-refractivity contribution < 1.29 is 14.3 Å². The molecule has 2 N–H and O–H groups in total. The standard InChI is InChI=1S/C28H25N5O3S/c1-16-15-18(36-17-7-4-3-5-8-17)11-12-21(16)33-22-13-14-30-27-23(22)24(32-28(33)35)25(37-27)26(34)31-20-10-6-9-19(20)29-2/h3-5,7-8,11-15,20H,6,9-10H2,1-2H3,(H,31,34)(H,32,35)/t20-/m0/s1. The van der Waals surface area contributed by atoms with E-state index in [-0.39, 0.29) is 18.0 Å². The molecule has 8 nitrogen and oxygen atoms in total. The van der Waals surface area contributed by atoms with E-state index in [1.807, 2.05) is 61.5 Å². The Morgan fingerprint density at radius 1 is 1.16 bits per heavy atom. The minimum atomic E-state index is -0.330. The Morgan fingerprint density at radius 3 is 2.78 bits per heavy atom. The van der Waals surface area contributed by atoms with E-state index in [0.717, 1.165) is 47.4 Å². The molecule has 0 spiro atoms. The molecule has 1 atom stereocenters. The summed E-state index contributed by atoms with van der Waals surface area (Å²) in [5, 5.41) is 6.83. The highest BCUT2D eigenvalue weighted by Crippen LogP contribution is 2.46. The molecule has 1 fully saturated rings. The first kappa shape index (κ1) is 23.2. The SMILES string of the molecule is CN=C1CCC[C@@H]1NC(=O)c1sc2nccc3c2c1NC(=O)N3c1ccc(Oc2ccccc2)cc1C. The summed E-state index contributed by atoms with van der Waals surface area (Å²) in [5.74, 6) is 1.20. The zero-order valence-electron chi connectivity index (χ0n) is 20.4. The van der Waals surface area contributed by atoms with E-state index in [2.05, 4.69) is 20.6 Å². The van der Waals surface area contributed by atoms with Crippen molar-refractivity contribution in [2.75, 3.05) is 17.3 Å². The Labute approximate surface area is 218 Å². The van der Waals surface area contributed by atoms with Crippen LogP contribution in [0.4, 0.5) is 21.9 Å². The number of thiophene rings is 1. The summed E-state index contributed by atoms with van der Waals surface area (Å²) in [6, 6.07) is 16.6. The number of carbonyl (C=O) groups is 2. The lowest BCUT2D eigenvalue weighted by atomic mass is 10.1. The second-order valence-electron chi connectivity index (χ2n) is 9.08. The molecule has 3 heterocycles. The van der Waals surface area contributed by atoms with Crippen LogP contribution in [0.3, 0.4) is 0 Å². The third kappa shape index (κ3) is 4.11. The number of rotatable bonds is 5. The molecular weight excluding hydrogens is 486 g/mol. The van der Waals surface area contributed by atoms with Gasteiger partial charge >= 0.3 is 6.03 Å². The van der Waals surface area contributed by atoms with E-state index in [1.54, 1.807) is 18.1 Å². The van der Waals surface area contributed by atoms with Crippen LogP contribution >= 0.6 is 11.3 Å². The molecule has 0 radical (unpaired) electrons. The van der Waals surface area contributed by atoms with Crippen molar-refractivity contribution in [1.82, 2.24) is 10.3 Å². The van der Waals surface area contributed by atoms with Crippen molar-refractivity contribution in [1.29, 1.82) is 0 Å². The molecule has 1 aliphatic heterocycles. The van der Waals surface area contributed by atoms with E-state index in [0.29, 0.717) is 26.8 Å². The van der Waals surface area contributed by atoms with Crippen LogP contribution in [0.1, 0.15) is 34.5 Å². The quantitative estimate of drug-likeness (QED) is 0.323. The number of pyridine rings is 1. The van der Waals surface area contributed by atoms with Gasteiger partial charge in [-0.25, -0.2) is 9.78 Å². The Hall–Kier alpha value is -4.24. The zero-order valence-corrected chi connectivity index (χ0v) is 21.3. The maximum atomic E-state index is 13.5. The van der Waals surface area contributed by atoms with Gasteiger partial charge in [0.1, 0.15) is 21.2 Å². The largest absolute Gasteiger partial charge is 0.457 e. The third-order valence-corrected chi connectivity index (χ3v) is 7.86. The summed E-state index contributed by atoms with van der Waals surface area (Å²) in [7, 11) is 1.76. The lowest BCUT2D eigenvalue weighted by Crippen LogP contribution is -2.38. The van der Waals surface area contributed by atoms with Crippen LogP contribution < -0.4 is 20.3 Å². The number of para-hydroxylation sites is 1. The Kier molecular flexibility index (Phi) is 5.84. The Balaban J connectivity index is 1.35. The highest BCUT2D eigenvalue weighted by molar-refractivity contribution is 7.21. The van der Waals surface area contributed by atoms with E-state index in [9.17, 15) is 9.59 Å². The lowest BCUT2D eigenvalue weighted by molar-refractivity contribution is 0.0952. The molecule has 2 aliphatic rings. The number of benzene rings is 2. The lowest BCUT2D eigenvalue weighted by Gasteiger charge is -2.29. The van der Waals surface area contributed by atoms with E-state index >= 15 is 0 Å².